The summed E-state index contributed by atoms with van der Waals surface area (Å²) in [6, 6.07) is 12.1. The maximum absolute atomic E-state index is 14.2. The number of allylic oxidation sites excluding steroid dienone is 2. The molecule has 0 radical (unpaired) electrons. The number of phenolic OH excluding ortho intramolecular Hbond substituents is 1. The number of aromatic hydroxyl groups is 1. The predicted molar refractivity (Wildman–Crippen MR) is 137 cm³/mol. The molecule has 0 spiro atoms. The molecule has 2 aliphatic heterocycles. The molecule has 0 bridgehead atoms. The first-order valence-electron chi connectivity index (χ1n) is 12.4. The number of phenols is 1. The lowest BCUT2D eigenvalue weighted by molar-refractivity contribution is -0.173. The minimum absolute atomic E-state index is 0.102. The summed E-state index contributed by atoms with van der Waals surface area (Å²) in [5.74, 6) is -5.46. The van der Waals surface area contributed by atoms with Gasteiger partial charge in [-0.3, -0.25) is 24.4 Å². The van der Waals surface area contributed by atoms with Crippen LogP contribution >= 0.6 is 15.9 Å². The van der Waals surface area contributed by atoms with Crippen LogP contribution in [0, 0.1) is 29.1 Å². The molecule has 2 aromatic rings. The Labute approximate surface area is 226 Å². The summed E-state index contributed by atoms with van der Waals surface area (Å²) in [6.45, 7) is 1.78. The summed E-state index contributed by atoms with van der Waals surface area (Å²) in [5, 5.41) is 20.8. The lowest BCUT2D eigenvalue weighted by atomic mass is 9.51. The van der Waals surface area contributed by atoms with Crippen molar-refractivity contribution in [2.24, 2.45) is 29.1 Å². The van der Waals surface area contributed by atoms with E-state index in [2.05, 4.69) is 15.9 Å². The molecule has 6 atom stereocenters. The Balaban J connectivity index is 1.57. The van der Waals surface area contributed by atoms with Crippen LogP contribution in [0.25, 0.3) is 0 Å². The van der Waals surface area contributed by atoms with Gasteiger partial charge in [0.25, 0.3) is 11.8 Å². The van der Waals surface area contributed by atoms with Crippen LogP contribution in [0.15, 0.2) is 58.6 Å². The van der Waals surface area contributed by atoms with Crippen molar-refractivity contribution in [1.82, 2.24) is 5.06 Å². The zero-order valence-corrected chi connectivity index (χ0v) is 22.2. The summed E-state index contributed by atoms with van der Waals surface area (Å²) in [6.07, 6.45) is 2.31. The number of amides is 4. The minimum Gasteiger partial charge on any atom is -0.503 e. The fourth-order valence-electron chi connectivity index (χ4n) is 7.12. The van der Waals surface area contributed by atoms with Gasteiger partial charge in [-0.1, -0.05) is 29.8 Å². The summed E-state index contributed by atoms with van der Waals surface area (Å²) in [7, 11) is 1.42. The Kier molecular flexibility index (Phi) is 5.55. The number of carbonyl (C=O) groups excluding carboxylic acids is 4. The van der Waals surface area contributed by atoms with Gasteiger partial charge in [-0.25, -0.2) is 4.90 Å². The Morgan fingerprint density at radius 3 is 2.42 bits per heavy atom. The average Bonchev–Trinajstić information content (AvgIpc) is 3.25. The third-order valence-corrected chi connectivity index (χ3v) is 9.47. The molecule has 2 saturated heterocycles. The van der Waals surface area contributed by atoms with Crippen molar-refractivity contribution in [1.29, 1.82) is 0 Å². The van der Waals surface area contributed by atoms with Crippen molar-refractivity contribution in [3.8, 4) is 11.5 Å². The Bertz CT molecular complexity index is 1440. The fourth-order valence-corrected chi connectivity index (χ4v) is 7.58. The zero-order chi connectivity index (χ0) is 27.1. The van der Waals surface area contributed by atoms with Crippen LogP contribution < -0.4 is 9.64 Å². The van der Waals surface area contributed by atoms with E-state index in [1.807, 2.05) is 6.08 Å². The number of hydrogen-bond acceptors (Lipinski definition) is 7. The maximum Gasteiger partial charge on any atom is 0.257 e. The first-order valence-corrected chi connectivity index (χ1v) is 13.2. The molecule has 4 amide bonds. The molecule has 4 aliphatic rings. The maximum atomic E-state index is 14.2. The van der Waals surface area contributed by atoms with Crippen molar-refractivity contribution in [3.05, 3.63) is 64.1 Å². The molecule has 38 heavy (non-hydrogen) atoms. The van der Waals surface area contributed by atoms with Crippen LogP contribution in [0.3, 0.4) is 0 Å². The highest BCUT2D eigenvalue weighted by molar-refractivity contribution is 9.10. The van der Waals surface area contributed by atoms with Crippen LogP contribution in [0.1, 0.15) is 31.2 Å². The molecule has 0 aromatic heterocycles. The number of nitrogens with zero attached hydrogens (tertiary/aromatic N) is 2. The van der Waals surface area contributed by atoms with Crippen molar-refractivity contribution >= 4 is 45.2 Å². The van der Waals surface area contributed by atoms with Crippen LogP contribution in [0.2, 0.25) is 0 Å². The number of anilines is 1. The molecule has 2 aromatic carbocycles. The second-order valence-electron chi connectivity index (χ2n) is 10.5. The third-order valence-electron chi connectivity index (χ3n) is 8.87. The topological polar surface area (TPSA) is 124 Å². The second kappa shape index (κ2) is 8.51. The monoisotopic (exact) mass is 580 g/mol. The first-order chi connectivity index (χ1) is 18.1. The summed E-state index contributed by atoms with van der Waals surface area (Å²) in [5.41, 5.74) is 0.651. The van der Waals surface area contributed by atoms with E-state index >= 15 is 0 Å². The predicted octanol–water partition coefficient (Wildman–Crippen LogP) is 3.78. The van der Waals surface area contributed by atoms with Crippen molar-refractivity contribution in [3.63, 3.8) is 0 Å². The Morgan fingerprint density at radius 1 is 1.03 bits per heavy atom. The number of fused-ring (bicyclic) bond motifs is 4. The molecular formula is C28H25BrN2O7. The molecule has 2 aliphatic carbocycles. The molecule has 2 N–H and O–H groups in total. The highest BCUT2D eigenvalue weighted by atomic mass is 79.9. The number of benzene rings is 2. The quantitative estimate of drug-likeness (QED) is 0.321. The lowest BCUT2D eigenvalue weighted by Gasteiger charge is -2.49. The van der Waals surface area contributed by atoms with Crippen LogP contribution in [0.5, 0.6) is 11.5 Å². The van der Waals surface area contributed by atoms with E-state index in [0.717, 1.165) is 5.57 Å². The number of methoxy groups -OCH3 is 1. The number of imide groups is 2. The van der Waals surface area contributed by atoms with Gasteiger partial charge >= 0.3 is 0 Å². The largest absolute Gasteiger partial charge is 0.503 e. The van der Waals surface area contributed by atoms with Crippen molar-refractivity contribution < 1.29 is 34.2 Å². The van der Waals surface area contributed by atoms with E-state index in [1.54, 1.807) is 49.4 Å². The van der Waals surface area contributed by atoms with Crippen LogP contribution in [0.4, 0.5) is 5.69 Å². The average molecular weight is 581 g/mol. The standard InChI is InChI=1S/C28H25BrN2O7/c1-28-18(25(34)30(27(28)36)14-6-4-3-5-7-14)12-17-15(8-9-16-21(17)26(35)31(37)24(16)33)22(28)13-10-19(29)23(32)20(11-13)38-2/h3-8,10-11,16-18,21-22,32,37H,9,12H2,1-2H3/t16-,17+,18-,21-,22-,28+/m0/s1. The normalized spacial score (nSPS) is 32.2. The molecule has 0 unspecified atom stereocenters. The molecule has 196 valence electrons. The van der Waals surface area contributed by atoms with Crippen molar-refractivity contribution in [2.45, 2.75) is 25.7 Å². The van der Waals surface area contributed by atoms with Gasteiger partial charge in [0.1, 0.15) is 0 Å². The number of para-hydroxylation sites is 1. The van der Waals surface area contributed by atoms with E-state index in [4.69, 9.17) is 4.74 Å². The van der Waals surface area contributed by atoms with Gasteiger partial charge in [-0.15, -0.1) is 0 Å². The van der Waals surface area contributed by atoms with Gasteiger partial charge in [0.15, 0.2) is 11.5 Å². The molecule has 2 heterocycles. The smallest absolute Gasteiger partial charge is 0.257 e. The highest BCUT2D eigenvalue weighted by Crippen LogP contribution is 2.64. The molecule has 9 nitrogen and oxygen atoms in total. The Morgan fingerprint density at radius 2 is 1.74 bits per heavy atom. The van der Waals surface area contributed by atoms with Gasteiger partial charge in [0.05, 0.1) is 40.4 Å². The van der Waals surface area contributed by atoms with Crippen molar-refractivity contribution in [2.75, 3.05) is 12.0 Å². The van der Waals surface area contributed by atoms with Gasteiger partial charge in [0, 0.05) is 5.92 Å². The summed E-state index contributed by atoms with van der Waals surface area (Å²) < 4.78 is 5.75. The van der Waals surface area contributed by atoms with E-state index in [1.165, 1.54) is 12.0 Å². The highest BCUT2D eigenvalue weighted by Gasteiger charge is 2.67. The lowest BCUT2D eigenvalue weighted by Crippen LogP contribution is -2.48. The molecule has 6 rings (SSSR count). The van der Waals surface area contributed by atoms with Gasteiger partial charge in [-0.2, -0.15) is 5.06 Å². The third kappa shape index (κ3) is 3.13. The number of hydrogen-bond donors (Lipinski definition) is 2. The Hall–Kier alpha value is -3.50. The van der Waals surface area contributed by atoms with Gasteiger partial charge < -0.3 is 9.84 Å². The molecule has 3 fully saturated rings. The number of ether oxygens (including phenoxy) is 1. The number of carbonyl (C=O) groups is 4. The van der Waals surface area contributed by atoms with E-state index in [0.29, 0.717) is 15.7 Å². The minimum atomic E-state index is -1.21. The van der Waals surface area contributed by atoms with E-state index < -0.39 is 46.8 Å². The van der Waals surface area contributed by atoms with Gasteiger partial charge in [0.2, 0.25) is 11.8 Å². The number of rotatable bonds is 3. The van der Waals surface area contributed by atoms with E-state index in [-0.39, 0.29) is 41.2 Å². The molecular weight excluding hydrogens is 556 g/mol. The van der Waals surface area contributed by atoms with Crippen LogP contribution in [-0.4, -0.2) is 46.1 Å². The summed E-state index contributed by atoms with van der Waals surface area (Å²) in [4.78, 5) is 55.1. The SMILES string of the molecule is COc1cc([C@H]2C3=CC[C@@H]4C(=O)N(O)C(=O)[C@@H]4[C@@H]3C[C@H]3C(=O)N(c4ccccc4)C(=O)[C@@]23C)cc(Br)c1O. The number of halogens is 1. The van der Waals surface area contributed by atoms with Gasteiger partial charge in [-0.05, 0) is 71.4 Å². The second-order valence-corrected chi connectivity index (χ2v) is 11.4. The summed E-state index contributed by atoms with van der Waals surface area (Å²) >= 11 is 3.38. The molecule has 10 heteroatoms. The van der Waals surface area contributed by atoms with Crippen LogP contribution in [-0.2, 0) is 19.2 Å². The number of hydroxylamine groups is 2. The van der Waals surface area contributed by atoms with E-state index in [9.17, 15) is 29.5 Å². The first kappa shape index (κ1) is 24.8. The fraction of sp³-hybridized carbons (Fsp3) is 0.357. The molecule has 1 saturated carbocycles. The zero-order valence-electron chi connectivity index (χ0n) is 20.6.